The van der Waals surface area contributed by atoms with Gasteiger partial charge < -0.3 is 19.7 Å². The first kappa shape index (κ1) is 21.8. The van der Waals surface area contributed by atoms with Crippen molar-refractivity contribution in [1.29, 1.82) is 0 Å². The Balaban J connectivity index is 1.52. The fourth-order valence-corrected chi connectivity index (χ4v) is 3.71. The molecule has 1 fully saturated rings. The van der Waals surface area contributed by atoms with Crippen LogP contribution in [-0.4, -0.2) is 43.3 Å². The van der Waals surface area contributed by atoms with E-state index in [1.807, 2.05) is 54.6 Å². The Bertz CT molecular complexity index is 1010. The molecule has 1 saturated heterocycles. The van der Waals surface area contributed by atoms with Gasteiger partial charge in [0.05, 0.1) is 5.56 Å². The first-order chi connectivity index (χ1) is 15.7. The van der Waals surface area contributed by atoms with Gasteiger partial charge in [-0.15, -0.1) is 0 Å². The molecule has 6 heteroatoms. The maximum atomic E-state index is 13.2. The van der Waals surface area contributed by atoms with Gasteiger partial charge in [-0.3, -0.25) is 9.79 Å². The average Bonchev–Trinajstić information content (AvgIpc) is 3.09. The fraction of sp³-hybridized carbons (Fsp3) is 0.308. The van der Waals surface area contributed by atoms with Gasteiger partial charge >= 0.3 is 0 Å². The van der Waals surface area contributed by atoms with E-state index in [1.54, 1.807) is 18.5 Å². The molecule has 2 aliphatic rings. The standard InChI is InChI=1S/C26H29N3O3/c1-29-16-12-22(13-17-29)32-23-9-10-25(31-19-20-6-3-2-4-7-20)24(18-23)26(30)28-21-8-5-14-27-15-11-21/h2-10,14-15,18,22H,11-13,16-17,19H2,1H3,(H,28,30). The second-order valence-corrected chi connectivity index (χ2v) is 8.08. The Labute approximate surface area is 189 Å². The number of nitrogens with one attached hydrogen (secondary N) is 1. The number of amides is 1. The highest BCUT2D eigenvalue weighted by Gasteiger charge is 2.20. The van der Waals surface area contributed by atoms with Crippen molar-refractivity contribution in [1.82, 2.24) is 10.2 Å². The van der Waals surface area contributed by atoms with E-state index < -0.39 is 0 Å². The molecule has 0 saturated carbocycles. The third-order valence-corrected chi connectivity index (χ3v) is 5.56. The molecular weight excluding hydrogens is 402 g/mol. The van der Waals surface area contributed by atoms with Crippen LogP contribution in [0, 0.1) is 0 Å². The highest BCUT2D eigenvalue weighted by atomic mass is 16.5. The predicted molar refractivity (Wildman–Crippen MR) is 126 cm³/mol. The summed E-state index contributed by atoms with van der Waals surface area (Å²) in [5, 5.41) is 2.99. The zero-order chi connectivity index (χ0) is 22.2. The second-order valence-electron chi connectivity index (χ2n) is 8.08. The zero-order valence-corrected chi connectivity index (χ0v) is 18.4. The summed E-state index contributed by atoms with van der Waals surface area (Å²) in [4.78, 5) is 19.6. The number of likely N-dealkylation sites (tertiary alicyclic amines) is 1. The third-order valence-electron chi connectivity index (χ3n) is 5.56. The van der Waals surface area contributed by atoms with Gasteiger partial charge in [-0.2, -0.15) is 0 Å². The molecule has 1 N–H and O–H groups in total. The van der Waals surface area contributed by atoms with Crippen molar-refractivity contribution in [3.63, 3.8) is 0 Å². The maximum Gasteiger partial charge on any atom is 0.259 e. The highest BCUT2D eigenvalue weighted by Crippen LogP contribution is 2.28. The SMILES string of the molecule is CN1CCC(Oc2ccc(OCc3ccccc3)c(C(=O)NC3=CC=CN=CC3)c2)CC1. The molecule has 32 heavy (non-hydrogen) atoms. The topological polar surface area (TPSA) is 63.2 Å². The summed E-state index contributed by atoms with van der Waals surface area (Å²) in [5.74, 6) is 0.991. The van der Waals surface area contributed by atoms with Crippen molar-refractivity contribution in [2.75, 3.05) is 20.1 Å². The Morgan fingerprint density at radius 3 is 2.78 bits per heavy atom. The third kappa shape index (κ3) is 6.08. The van der Waals surface area contributed by atoms with E-state index in [1.165, 1.54) is 0 Å². The van der Waals surface area contributed by atoms with Crippen molar-refractivity contribution in [2.45, 2.75) is 32.0 Å². The molecule has 0 spiro atoms. The summed E-state index contributed by atoms with van der Waals surface area (Å²) in [6.07, 6.45) is 9.80. The maximum absolute atomic E-state index is 13.2. The number of aliphatic imine (C=N–C) groups is 1. The number of carbonyl (C=O) groups excluding carboxylic acids is 1. The lowest BCUT2D eigenvalue weighted by atomic mass is 10.1. The Kier molecular flexibility index (Phi) is 7.35. The number of piperidine rings is 1. The number of allylic oxidation sites excluding steroid dienone is 3. The molecule has 4 rings (SSSR count). The lowest BCUT2D eigenvalue weighted by molar-refractivity contribution is 0.0957. The quantitative estimate of drug-likeness (QED) is 0.708. The van der Waals surface area contributed by atoms with Gasteiger partial charge in [-0.1, -0.05) is 30.3 Å². The molecule has 1 amide bonds. The van der Waals surface area contributed by atoms with E-state index in [2.05, 4.69) is 22.3 Å². The van der Waals surface area contributed by atoms with Crippen LogP contribution in [-0.2, 0) is 6.61 Å². The van der Waals surface area contributed by atoms with Crippen LogP contribution < -0.4 is 14.8 Å². The Hall–Kier alpha value is -3.38. The van der Waals surface area contributed by atoms with Gasteiger partial charge in [0.25, 0.3) is 5.91 Å². The van der Waals surface area contributed by atoms with E-state index in [4.69, 9.17) is 9.47 Å². The van der Waals surface area contributed by atoms with Gasteiger partial charge in [-0.25, -0.2) is 0 Å². The molecule has 0 aliphatic carbocycles. The summed E-state index contributed by atoms with van der Waals surface area (Å²) >= 11 is 0. The molecular formula is C26H29N3O3. The van der Waals surface area contributed by atoms with Crippen LogP contribution in [0.4, 0.5) is 0 Å². The van der Waals surface area contributed by atoms with E-state index >= 15 is 0 Å². The number of nitrogens with zero attached hydrogens (tertiary/aromatic N) is 2. The minimum Gasteiger partial charge on any atom is -0.490 e. The molecule has 2 aromatic rings. The minimum atomic E-state index is -0.225. The molecule has 0 bridgehead atoms. The normalized spacial score (nSPS) is 16.8. The van der Waals surface area contributed by atoms with Gasteiger partial charge in [0.2, 0.25) is 0 Å². The van der Waals surface area contributed by atoms with Crippen LogP contribution >= 0.6 is 0 Å². The van der Waals surface area contributed by atoms with Crippen LogP contribution in [0.5, 0.6) is 11.5 Å². The Morgan fingerprint density at radius 1 is 1.16 bits per heavy atom. The number of carbonyl (C=O) groups is 1. The first-order valence-corrected chi connectivity index (χ1v) is 11.0. The fourth-order valence-electron chi connectivity index (χ4n) is 3.71. The lowest BCUT2D eigenvalue weighted by Crippen LogP contribution is -2.35. The van der Waals surface area contributed by atoms with Crippen molar-refractivity contribution < 1.29 is 14.3 Å². The van der Waals surface area contributed by atoms with Crippen molar-refractivity contribution in [2.24, 2.45) is 4.99 Å². The molecule has 6 nitrogen and oxygen atoms in total. The number of benzene rings is 2. The van der Waals surface area contributed by atoms with Crippen LogP contribution in [0.2, 0.25) is 0 Å². The van der Waals surface area contributed by atoms with Gasteiger partial charge in [-0.05, 0) is 55.8 Å². The molecule has 0 aromatic heterocycles. The summed E-state index contributed by atoms with van der Waals surface area (Å²) in [5.41, 5.74) is 2.28. The number of hydrogen-bond donors (Lipinski definition) is 1. The summed E-state index contributed by atoms with van der Waals surface area (Å²) in [6, 6.07) is 15.4. The van der Waals surface area contributed by atoms with Gasteiger partial charge in [0.15, 0.2) is 0 Å². The molecule has 2 aliphatic heterocycles. The molecule has 0 atom stereocenters. The van der Waals surface area contributed by atoms with Crippen molar-refractivity contribution >= 4 is 12.1 Å². The Morgan fingerprint density at radius 2 is 1.97 bits per heavy atom. The van der Waals surface area contributed by atoms with Crippen molar-refractivity contribution in [3.05, 3.63) is 83.7 Å². The van der Waals surface area contributed by atoms with Crippen LogP contribution in [0.3, 0.4) is 0 Å². The molecule has 0 radical (unpaired) electrons. The van der Waals surface area contributed by atoms with E-state index in [0.29, 0.717) is 30.1 Å². The van der Waals surface area contributed by atoms with Crippen molar-refractivity contribution in [3.8, 4) is 11.5 Å². The van der Waals surface area contributed by atoms with Crippen LogP contribution in [0.25, 0.3) is 0 Å². The summed E-state index contributed by atoms with van der Waals surface area (Å²) in [6.45, 7) is 2.41. The van der Waals surface area contributed by atoms with Crippen LogP contribution in [0.1, 0.15) is 35.2 Å². The monoisotopic (exact) mass is 431 g/mol. The van der Waals surface area contributed by atoms with E-state index in [-0.39, 0.29) is 12.0 Å². The van der Waals surface area contributed by atoms with E-state index in [9.17, 15) is 4.79 Å². The second kappa shape index (κ2) is 10.8. The smallest absolute Gasteiger partial charge is 0.259 e. The van der Waals surface area contributed by atoms with Gasteiger partial charge in [0.1, 0.15) is 24.2 Å². The molecule has 2 heterocycles. The molecule has 2 aromatic carbocycles. The summed E-state index contributed by atoms with van der Waals surface area (Å²) < 4.78 is 12.2. The lowest BCUT2D eigenvalue weighted by Gasteiger charge is -2.29. The molecule has 166 valence electrons. The number of ether oxygens (including phenoxy) is 2. The largest absolute Gasteiger partial charge is 0.490 e. The van der Waals surface area contributed by atoms with Gasteiger partial charge in [0, 0.05) is 37.6 Å². The summed E-state index contributed by atoms with van der Waals surface area (Å²) in [7, 11) is 2.12. The first-order valence-electron chi connectivity index (χ1n) is 11.0. The minimum absolute atomic E-state index is 0.157. The van der Waals surface area contributed by atoms with E-state index in [0.717, 1.165) is 37.2 Å². The highest BCUT2D eigenvalue weighted by molar-refractivity contribution is 5.98. The zero-order valence-electron chi connectivity index (χ0n) is 18.4. The predicted octanol–water partition coefficient (Wildman–Crippen LogP) is 4.34. The number of rotatable bonds is 7. The molecule has 0 unspecified atom stereocenters. The average molecular weight is 432 g/mol. The number of hydrogen-bond acceptors (Lipinski definition) is 5. The van der Waals surface area contributed by atoms with Crippen LogP contribution in [0.15, 0.2) is 77.6 Å².